The number of hydrogen-bond acceptors (Lipinski definition) is 4. The number of amides is 1. The molecule has 0 fully saturated rings. The van der Waals surface area contributed by atoms with Gasteiger partial charge in [-0.1, -0.05) is 35.9 Å². The summed E-state index contributed by atoms with van der Waals surface area (Å²) < 4.78 is 0. The number of carbonyl (C=O) groups is 2. The molecule has 0 saturated carbocycles. The van der Waals surface area contributed by atoms with Crippen LogP contribution in [0.15, 0.2) is 47.8 Å². The third-order valence-electron chi connectivity index (χ3n) is 3.96. The summed E-state index contributed by atoms with van der Waals surface area (Å²) in [5, 5.41) is 23.8. The maximum atomic E-state index is 12.5. The molecule has 0 atom stereocenters. The highest BCUT2D eigenvalue weighted by Gasteiger charge is 2.22. The number of rotatable bonds is 4. The Bertz CT molecular complexity index is 990. The predicted octanol–water partition coefficient (Wildman–Crippen LogP) is 4.69. The highest BCUT2D eigenvalue weighted by Crippen LogP contribution is 2.36. The van der Waals surface area contributed by atoms with Crippen molar-refractivity contribution >= 4 is 28.9 Å². The number of carboxylic acid groups (broad SMARTS) is 1. The number of aromatic carboxylic acids is 1. The highest BCUT2D eigenvalue weighted by molar-refractivity contribution is 7.14. The van der Waals surface area contributed by atoms with Gasteiger partial charge in [-0.25, -0.2) is 4.79 Å². The van der Waals surface area contributed by atoms with Crippen molar-refractivity contribution in [2.75, 3.05) is 5.32 Å². The lowest BCUT2D eigenvalue weighted by Crippen LogP contribution is -2.14. The molecular formula is C20H17NO4S. The number of hydrogen-bond donors (Lipinski definition) is 3. The molecule has 3 rings (SSSR count). The van der Waals surface area contributed by atoms with Crippen molar-refractivity contribution in [1.82, 2.24) is 0 Å². The number of carboxylic acids is 1. The number of phenolic OH excluding ortho intramolecular Hbond substituents is 1. The van der Waals surface area contributed by atoms with E-state index in [-0.39, 0.29) is 22.6 Å². The van der Waals surface area contributed by atoms with E-state index in [2.05, 4.69) is 5.32 Å². The molecule has 1 amide bonds. The van der Waals surface area contributed by atoms with E-state index in [4.69, 9.17) is 0 Å². The zero-order valence-electron chi connectivity index (χ0n) is 14.2. The maximum Gasteiger partial charge on any atom is 0.339 e. The largest absolute Gasteiger partial charge is 0.507 e. The van der Waals surface area contributed by atoms with E-state index in [0.29, 0.717) is 4.88 Å². The van der Waals surface area contributed by atoms with Gasteiger partial charge >= 0.3 is 5.97 Å². The van der Waals surface area contributed by atoms with E-state index < -0.39 is 11.9 Å². The van der Waals surface area contributed by atoms with E-state index in [0.717, 1.165) is 16.7 Å². The maximum absolute atomic E-state index is 12.5. The Labute approximate surface area is 154 Å². The minimum absolute atomic E-state index is 0.0406. The van der Waals surface area contributed by atoms with Crippen LogP contribution in [0.1, 0.15) is 31.8 Å². The zero-order chi connectivity index (χ0) is 18.8. The van der Waals surface area contributed by atoms with Crippen LogP contribution in [0.25, 0.3) is 10.4 Å². The number of aromatic hydroxyl groups is 1. The Morgan fingerprint density at radius 1 is 1.00 bits per heavy atom. The van der Waals surface area contributed by atoms with Gasteiger partial charge in [0.15, 0.2) is 0 Å². The van der Waals surface area contributed by atoms with Gasteiger partial charge in [0.1, 0.15) is 11.3 Å². The number of anilines is 1. The van der Waals surface area contributed by atoms with Crippen LogP contribution >= 0.6 is 11.3 Å². The number of thiophene rings is 1. The van der Waals surface area contributed by atoms with Crippen LogP contribution in [0, 0.1) is 13.8 Å². The first-order valence-corrected chi connectivity index (χ1v) is 8.77. The van der Waals surface area contributed by atoms with Gasteiger partial charge in [0.25, 0.3) is 5.91 Å². The molecule has 2 aromatic carbocycles. The summed E-state index contributed by atoms with van der Waals surface area (Å²) in [6.45, 7) is 3.76. The van der Waals surface area contributed by atoms with Gasteiger partial charge < -0.3 is 15.5 Å². The lowest BCUT2D eigenvalue weighted by molar-refractivity contribution is 0.0699. The first-order chi connectivity index (χ1) is 12.4. The van der Waals surface area contributed by atoms with E-state index in [9.17, 15) is 19.8 Å². The van der Waals surface area contributed by atoms with Crippen molar-refractivity contribution in [3.8, 4) is 16.2 Å². The van der Waals surface area contributed by atoms with Crippen molar-refractivity contribution in [3.05, 3.63) is 70.1 Å². The van der Waals surface area contributed by atoms with Crippen LogP contribution in [-0.4, -0.2) is 22.1 Å². The van der Waals surface area contributed by atoms with Crippen LogP contribution < -0.4 is 5.32 Å². The SMILES string of the molecule is Cc1ccc(-c2scc(NC(=O)c3ccc(C)cc3O)c2C(=O)O)cc1. The average molecular weight is 367 g/mol. The molecule has 3 N–H and O–H groups in total. The number of benzene rings is 2. The summed E-state index contributed by atoms with van der Waals surface area (Å²) in [5.41, 5.74) is 3.02. The molecule has 26 heavy (non-hydrogen) atoms. The third-order valence-corrected chi connectivity index (χ3v) is 4.99. The number of nitrogens with one attached hydrogen (secondary N) is 1. The molecular weight excluding hydrogens is 350 g/mol. The molecule has 1 heterocycles. The predicted molar refractivity (Wildman–Crippen MR) is 102 cm³/mol. The van der Waals surface area contributed by atoms with Crippen LogP contribution in [0.4, 0.5) is 5.69 Å². The third kappa shape index (κ3) is 3.45. The number of carbonyl (C=O) groups excluding carboxylic acids is 1. The fourth-order valence-electron chi connectivity index (χ4n) is 2.60. The molecule has 0 aliphatic carbocycles. The van der Waals surface area contributed by atoms with Gasteiger partial charge in [0.05, 0.1) is 16.1 Å². The van der Waals surface area contributed by atoms with Crippen molar-refractivity contribution in [3.63, 3.8) is 0 Å². The van der Waals surface area contributed by atoms with E-state index in [1.54, 1.807) is 18.4 Å². The molecule has 0 saturated heterocycles. The van der Waals surface area contributed by atoms with Crippen LogP contribution in [0.5, 0.6) is 5.75 Å². The summed E-state index contributed by atoms with van der Waals surface area (Å²) in [6, 6.07) is 12.2. The fourth-order valence-corrected chi connectivity index (χ4v) is 3.60. The quantitative estimate of drug-likeness (QED) is 0.624. The molecule has 1 aromatic heterocycles. The van der Waals surface area contributed by atoms with Crippen molar-refractivity contribution in [2.45, 2.75) is 13.8 Å². The first kappa shape index (κ1) is 17.7. The summed E-state index contributed by atoms with van der Waals surface area (Å²) in [7, 11) is 0. The Hall–Kier alpha value is -3.12. The van der Waals surface area contributed by atoms with E-state index >= 15 is 0 Å². The summed E-state index contributed by atoms with van der Waals surface area (Å²) in [6.07, 6.45) is 0. The van der Waals surface area contributed by atoms with Gasteiger partial charge in [-0.2, -0.15) is 0 Å². The smallest absolute Gasteiger partial charge is 0.339 e. The van der Waals surface area contributed by atoms with Crippen LogP contribution in [0.3, 0.4) is 0 Å². The van der Waals surface area contributed by atoms with Crippen LogP contribution in [0.2, 0.25) is 0 Å². The fraction of sp³-hybridized carbons (Fsp3) is 0.100. The average Bonchev–Trinajstić information content (AvgIpc) is 2.99. The molecule has 0 aliphatic heterocycles. The molecule has 5 nitrogen and oxygen atoms in total. The second-order valence-corrected chi connectivity index (χ2v) is 6.88. The highest BCUT2D eigenvalue weighted by atomic mass is 32.1. The molecule has 0 bridgehead atoms. The Balaban J connectivity index is 1.97. The van der Waals surface area contributed by atoms with Crippen molar-refractivity contribution in [2.24, 2.45) is 0 Å². The topological polar surface area (TPSA) is 86.6 Å². The summed E-state index contributed by atoms with van der Waals surface area (Å²) in [5.74, 6) is -1.82. The van der Waals surface area contributed by atoms with Crippen molar-refractivity contribution < 1.29 is 19.8 Å². The van der Waals surface area contributed by atoms with Crippen molar-refractivity contribution in [1.29, 1.82) is 0 Å². The normalized spacial score (nSPS) is 10.5. The lowest BCUT2D eigenvalue weighted by atomic mass is 10.1. The molecule has 0 spiro atoms. The van der Waals surface area contributed by atoms with Crippen LogP contribution in [-0.2, 0) is 0 Å². The van der Waals surface area contributed by atoms with E-state index in [1.807, 2.05) is 31.2 Å². The van der Waals surface area contributed by atoms with Gasteiger partial charge in [0.2, 0.25) is 0 Å². The summed E-state index contributed by atoms with van der Waals surface area (Å²) >= 11 is 1.25. The number of aryl methyl sites for hydroxylation is 2. The molecule has 132 valence electrons. The standard InChI is InChI=1S/C20H17NO4S/c1-11-3-6-13(7-4-11)18-17(20(24)25)15(10-26-18)21-19(23)14-8-5-12(2)9-16(14)22/h3-10,22H,1-2H3,(H,21,23)(H,24,25). The molecule has 0 radical (unpaired) electrons. The molecule has 0 unspecified atom stereocenters. The van der Waals surface area contributed by atoms with E-state index in [1.165, 1.54) is 23.5 Å². The van der Waals surface area contributed by atoms with Gasteiger partial charge in [-0.3, -0.25) is 4.79 Å². The van der Waals surface area contributed by atoms with Gasteiger partial charge in [-0.05, 0) is 37.1 Å². The molecule has 3 aromatic rings. The Morgan fingerprint density at radius 3 is 2.27 bits per heavy atom. The number of phenols is 1. The summed E-state index contributed by atoms with van der Waals surface area (Å²) in [4.78, 5) is 24.8. The minimum Gasteiger partial charge on any atom is -0.507 e. The second-order valence-electron chi connectivity index (χ2n) is 6.00. The Kier molecular flexibility index (Phi) is 4.77. The first-order valence-electron chi connectivity index (χ1n) is 7.89. The van der Waals surface area contributed by atoms with Gasteiger partial charge in [0, 0.05) is 5.38 Å². The molecule has 6 heteroatoms. The molecule has 0 aliphatic rings. The zero-order valence-corrected chi connectivity index (χ0v) is 15.1. The monoisotopic (exact) mass is 367 g/mol. The minimum atomic E-state index is -1.12. The lowest BCUT2D eigenvalue weighted by Gasteiger charge is -2.08. The Morgan fingerprint density at radius 2 is 1.65 bits per heavy atom. The van der Waals surface area contributed by atoms with Gasteiger partial charge in [-0.15, -0.1) is 11.3 Å². The second kappa shape index (κ2) is 7.01.